The number of hydrogen-bond acceptors (Lipinski definition) is 4. The molecule has 0 aromatic heterocycles. The zero-order valence-electron chi connectivity index (χ0n) is 10.9. The second kappa shape index (κ2) is 5.88. The van der Waals surface area contributed by atoms with Crippen LogP contribution < -0.4 is 10.6 Å². The Bertz CT molecular complexity index is 473. The minimum Gasteiger partial charge on any atom is -0.379 e. The van der Waals surface area contributed by atoms with Crippen LogP contribution in [0.2, 0.25) is 0 Å². The lowest BCUT2D eigenvalue weighted by Crippen LogP contribution is -2.39. The molecule has 6 heteroatoms. The molecule has 5 nitrogen and oxygen atoms in total. The summed E-state index contributed by atoms with van der Waals surface area (Å²) in [5, 5.41) is 17.6. The highest BCUT2D eigenvalue weighted by molar-refractivity contribution is 9.10. The predicted octanol–water partition coefficient (Wildman–Crippen LogP) is 3.16. The molecule has 1 aromatic rings. The Kier molecular flexibility index (Phi) is 4.42. The topological polar surface area (TPSA) is 67.2 Å². The van der Waals surface area contributed by atoms with E-state index in [2.05, 4.69) is 33.5 Å². The first-order chi connectivity index (χ1) is 9.00. The van der Waals surface area contributed by atoms with Crippen molar-refractivity contribution in [2.24, 2.45) is 5.41 Å². The number of piperidine rings is 1. The van der Waals surface area contributed by atoms with Crippen LogP contribution in [0.5, 0.6) is 0 Å². The van der Waals surface area contributed by atoms with Gasteiger partial charge in [-0.15, -0.1) is 0 Å². The number of rotatable bonds is 4. The summed E-state index contributed by atoms with van der Waals surface area (Å²) in [6, 6.07) is 5.11. The number of halogens is 1. The van der Waals surface area contributed by atoms with Crippen LogP contribution in [0, 0.1) is 15.5 Å². The number of nitro benzene ring substituents is 1. The maximum atomic E-state index is 11.0. The fraction of sp³-hybridized carbons (Fsp3) is 0.538. The molecule has 0 amide bonds. The molecule has 0 spiro atoms. The Morgan fingerprint density at radius 1 is 1.47 bits per heavy atom. The van der Waals surface area contributed by atoms with E-state index in [0.717, 1.165) is 36.9 Å². The van der Waals surface area contributed by atoms with Crippen molar-refractivity contribution >= 4 is 27.3 Å². The lowest BCUT2D eigenvalue weighted by molar-refractivity contribution is -0.384. The van der Waals surface area contributed by atoms with Gasteiger partial charge in [-0.05, 0) is 43.5 Å². The minimum absolute atomic E-state index is 0.118. The summed E-state index contributed by atoms with van der Waals surface area (Å²) in [7, 11) is 0. The van der Waals surface area contributed by atoms with Gasteiger partial charge >= 0.3 is 0 Å². The fourth-order valence-corrected chi connectivity index (χ4v) is 2.67. The third kappa shape index (κ3) is 3.67. The van der Waals surface area contributed by atoms with Crippen molar-refractivity contribution in [3.05, 3.63) is 32.8 Å². The Hall–Kier alpha value is -1.14. The second-order valence-corrected chi connectivity index (χ2v) is 6.25. The van der Waals surface area contributed by atoms with Crippen LogP contribution in [0.3, 0.4) is 0 Å². The third-order valence-electron chi connectivity index (χ3n) is 3.67. The Morgan fingerprint density at radius 3 is 2.79 bits per heavy atom. The molecule has 1 aliphatic heterocycles. The Labute approximate surface area is 121 Å². The van der Waals surface area contributed by atoms with Crippen LogP contribution in [0.25, 0.3) is 0 Å². The van der Waals surface area contributed by atoms with Crippen molar-refractivity contribution in [1.29, 1.82) is 0 Å². The molecule has 19 heavy (non-hydrogen) atoms. The molecule has 1 heterocycles. The van der Waals surface area contributed by atoms with Gasteiger partial charge in [0.2, 0.25) is 0 Å². The molecule has 0 radical (unpaired) electrons. The van der Waals surface area contributed by atoms with Gasteiger partial charge in [0, 0.05) is 17.1 Å². The van der Waals surface area contributed by atoms with Gasteiger partial charge in [0.1, 0.15) is 5.69 Å². The average Bonchev–Trinajstić information content (AvgIpc) is 2.38. The molecule has 2 rings (SSSR count). The lowest BCUT2D eigenvalue weighted by Gasteiger charge is -2.34. The Balaban J connectivity index is 2.08. The first-order valence-electron chi connectivity index (χ1n) is 6.39. The zero-order chi connectivity index (χ0) is 13.9. The molecule has 1 fully saturated rings. The van der Waals surface area contributed by atoms with Crippen molar-refractivity contribution in [3.63, 3.8) is 0 Å². The van der Waals surface area contributed by atoms with E-state index in [-0.39, 0.29) is 16.0 Å². The van der Waals surface area contributed by atoms with Gasteiger partial charge < -0.3 is 10.6 Å². The molecular weight excluding hydrogens is 310 g/mol. The summed E-state index contributed by atoms with van der Waals surface area (Å²) < 4.78 is 0.720. The highest BCUT2D eigenvalue weighted by Gasteiger charge is 2.27. The van der Waals surface area contributed by atoms with E-state index in [4.69, 9.17) is 0 Å². The maximum absolute atomic E-state index is 11.0. The van der Waals surface area contributed by atoms with Crippen LogP contribution in [-0.2, 0) is 0 Å². The number of nitrogens with one attached hydrogen (secondary N) is 2. The van der Waals surface area contributed by atoms with Crippen molar-refractivity contribution < 1.29 is 4.92 Å². The van der Waals surface area contributed by atoms with Gasteiger partial charge in [-0.2, -0.15) is 0 Å². The second-order valence-electron chi connectivity index (χ2n) is 5.33. The summed E-state index contributed by atoms with van der Waals surface area (Å²) in [4.78, 5) is 10.7. The van der Waals surface area contributed by atoms with E-state index in [0.29, 0.717) is 5.69 Å². The minimum atomic E-state index is -0.349. The molecule has 0 atom stereocenters. The van der Waals surface area contributed by atoms with Crippen molar-refractivity contribution in [3.8, 4) is 0 Å². The van der Waals surface area contributed by atoms with Crippen LogP contribution in [0.4, 0.5) is 11.4 Å². The molecule has 0 unspecified atom stereocenters. The van der Waals surface area contributed by atoms with E-state index in [1.807, 2.05) is 6.07 Å². The van der Waals surface area contributed by atoms with Crippen LogP contribution in [-0.4, -0.2) is 24.6 Å². The van der Waals surface area contributed by atoms with Crippen molar-refractivity contribution in [2.45, 2.75) is 19.8 Å². The van der Waals surface area contributed by atoms with Crippen molar-refractivity contribution in [1.82, 2.24) is 5.32 Å². The normalized spacial score (nSPS) is 18.0. The zero-order valence-corrected chi connectivity index (χ0v) is 12.5. The fourth-order valence-electron chi connectivity index (χ4n) is 2.32. The Morgan fingerprint density at radius 2 is 2.16 bits per heavy atom. The summed E-state index contributed by atoms with van der Waals surface area (Å²) >= 11 is 3.26. The number of nitrogens with zero attached hydrogens (tertiary/aromatic N) is 1. The standard InChI is InChI=1S/C13H18BrN3O2/c1-13(4-6-15-7-5-13)9-16-11-3-2-10(14)8-12(11)17(18)19/h2-3,8,15-16H,4-7,9H2,1H3. The molecule has 1 saturated heterocycles. The molecule has 0 saturated carbocycles. The first-order valence-corrected chi connectivity index (χ1v) is 7.18. The van der Waals surface area contributed by atoms with E-state index in [1.54, 1.807) is 6.07 Å². The van der Waals surface area contributed by atoms with E-state index < -0.39 is 0 Å². The van der Waals surface area contributed by atoms with E-state index in [1.165, 1.54) is 6.07 Å². The highest BCUT2D eigenvalue weighted by Crippen LogP contribution is 2.32. The van der Waals surface area contributed by atoms with Gasteiger partial charge in [-0.1, -0.05) is 22.9 Å². The van der Waals surface area contributed by atoms with Gasteiger partial charge in [0.15, 0.2) is 0 Å². The van der Waals surface area contributed by atoms with Gasteiger partial charge in [-0.3, -0.25) is 10.1 Å². The molecule has 2 N–H and O–H groups in total. The van der Waals surface area contributed by atoms with E-state index in [9.17, 15) is 10.1 Å². The summed E-state index contributed by atoms with van der Waals surface area (Å²) in [5.41, 5.74) is 0.909. The average molecular weight is 328 g/mol. The highest BCUT2D eigenvalue weighted by atomic mass is 79.9. The molecule has 0 aliphatic carbocycles. The van der Waals surface area contributed by atoms with Gasteiger partial charge in [0.05, 0.1) is 4.92 Å². The largest absolute Gasteiger partial charge is 0.379 e. The SMILES string of the molecule is CC1(CNc2ccc(Br)cc2[N+](=O)[O-])CCNCC1. The molecule has 1 aliphatic rings. The van der Waals surface area contributed by atoms with Crippen LogP contribution in [0.1, 0.15) is 19.8 Å². The summed E-state index contributed by atoms with van der Waals surface area (Å²) in [6.45, 7) is 5.02. The van der Waals surface area contributed by atoms with Gasteiger partial charge in [0.25, 0.3) is 5.69 Å². The van der Waals surface area contributed by atoms with Gasteiger partial charge in [-0.25, -0.2) is 0 Å². The van der Waals surface area contributed by atoms with Crippen LogP contribution >= 0.6 is 15.9 Å². The molecular formula is C13H18BrN3O2. The molecule has 104 valence electrons. The first kappa shape index (κ1) is 14.3. The number of nitro groups is 1. The number of hydrogen-bond donors (Lipinski definition) is 2. The lowest BCUT2D eigenvalue weighted by atomic mass is 9.81. The predicted molar refractivity (Wildman–Crippen MR) is 79.5 cm³/mol. The number of anilines is 1. The van der Waals surface area contributed by atoms with Crippen molar-refractivity contribution in [2.75, 3.05) is 25.0 Å². The monoisotopic (exact) mass is 327 g/mol. The molecule has 0 bridgehead atoms. The van der Waals surface area contributed by atoms with Crippen LogP contribution in [0.15, 0.2) is 22.7 Å². The third-order valence-corrected chi connectivity index (χ3v) is 4.17. The molecule has 1 aromatic carbocycles. The maximum Gasteiger partial charge on any atom is 0.293 e. The quantitative estimate of drug-likeness (QED) is 0.658. The smallest absolute Gasteiger partial charge is 0.293 e. The number of benzene rings is 1. The van der Waals surface area contributed by atoms with E-state index >= 15 is 0 Å². The summed E-state index contributed by atoms with van der Waals surface area (Å²) in [5.74, 6) is 0. The summed E-state index contributed by atoms with van der Waals surface area (Å²) in [6.07, 6.45) is 2.18.